The van der Waals surface area contributed by atoms with Crippen molar-refractivity contribution in [2.75, 3.05) is 59.0 Å². The lowest BCUT2D eigenvalue weighted by molar-refractivity contribution is -0.0851. The first-order chi connectivity index (χ1) is 20.7. The molecule has 0 amide bonds. The molecule has 3 aromatic heterocycles. The molecule has 3 unspecified atom stereocenters. The number of thiophene rings is 1. The number of nitrogens with one attached hydrogen (secondary N) is 1. The van der Waals surface area contributed by atoms with Gasteiger partial charge in [0.25, 0.3) is 0 Å². The van der Waals surface area contributed by atoms with Crippen molar-refractivity contribution in [2.24, 2.45) is 0 Å². The molecule has 11 heteroatoms. The molecule has 7 rings (SSSR count). The Morgan fingerprint density at radius 3 is 2.76 bits per heavy atom. The lowest BCUT2D eigenvalue weighted by atomic mass is 10.0. The van der Waals surface area contributed by atoms with Gasteiger partial charge >= 0.3 is 0 Å². The maximum Gasteiger partial charge on any atom is 0.119 e. The Morgan fingerprint density at radius 1 is 1.02 bits per heavy atom. The summed E-state index contributed by atoms with van der Waals surface area (Å²) in [6, 6.07) is 18.2. The lowest BCUT2D eigenvalue weighted by Gasteiger charge is -2.46. The van der Waals surface area contributed by atoms with Gasteiger partial charge in [0, 0.05) is 62.3 Å². The molecule has 218 valence electrons. The van der Waals surface area contributed by atoms with E-state index in [1.807, 2.05) is 42.7 Å². The highest BCUT2D eigenvalue weighted by atomic mass is 32.1. The normalized spacial score (nSPS) is 20.6. The summed E-state index contributed by atoms with van der Waals surface area (Å²) in [4.78, 5) is 17.5. The molecule has 10 nitrogen and oxygen atoms in total. The number of hydrogen-bond acceptors (Lipinski definition) is 10. The first kappa shape index (κ1) is 27.4. The minimum absolute atomic E-state index is 0.0437. The lowest BCUT2D eigenvalue weighted by Crippen LogP contribution is -2.54. The van der Waals surface area contributed by atoms with Gasteiger partial charge in [-0.15, -0.1) is 11.3 Å². The average molecular weight is 586 g/mol. The van der Waals surface area contributed by atoms with E-state index in [1.165, 1.54) is 10.4 Å². The number of piperazine rings is 1. The minimum Gasteiger partial charge on any atom is -0.491 e. The topological polar surface area (TPSA) is 103 Å². The van der Waals surface area contributed by atoms with Crippen molar-refractivity contribution in [3.8, 4) is 5.75 Å². The fourth-order valence-corrected chi connectivity index (χ4v) is 7.28. The molecule has 0 saturated carbocycles. The van der Waals surface area contributed by atoms with Crippen LogP contribution >= 0.6 is 11.3 Å². The van der Waals surface area contributed by atoms with E-state index in [-0.39, 0.29) is 18.9 Å². The third kappa shape index (κ3) is 5.89. The first-order valence-corrected chi connectivity index (χ1v) is 15.3. The van der Waals surface area contributed by atoms with Crippen molar-refractivity contribution in [3.05, 3.63) is 83.8 Å². The number of nitrogens with zero attached hydrogens (tertiary/aromatic N) is 6. The largest absolute Gasteiger partial charge is 0.491 e. The van der Waals surface area contributed by atoms with E-state index < -0.39 is 6.10 Å². The van der Waals surface area contributed by atoms with Gasteiger partial charge < -0.3 is 14.6 Å². The monoisotopic (exact) mass is 585 g/mol. The number of fused-ring (bicyclic) bond motifs is 2. The Balaban J connectivity index is 1.07. The number of benzene rings is 2. The van der Waals surface area contributed by atoms with Crippen LogP contribution in [-0.4, -0.2) is 105 Å². The zero-order chi connectivity index (χ0) is 28.3. The molecule has 0 aliphatic carbocycles. The van der Waals surface area contributed by atoms with Gasteiger partial charge in [-0.25, -0.2) is 9.97 Å². The number of H-pyrrole nitrogens is 1. The smallest absolute Gasteiger partial charge is 0.119 e. The van der Waals surface area contributed by atoms with Crippen molar-refractivity contribution >= 4 is 32.5 Å². The molecule has 2 aromatic carbocycles. The zero-order valence-electron chi connectivity index (χ0n) is 23.4. The molecule has 0 bridgehead atoms. The van der Waals surface area contributed by atoms with Gasteiger partial charge in [-0.05, 0) is 29.8 Å². The van der Waals surface area contributed by atoms with E-state index in [9.17, 15) is 5.11 Å². The number of aromatic nitrogens is 4. The van der Waals surface area contributed by atoms with Gasteiger partial charge in [0.1, 0.15) is 24.8 Å². The Kier molecular flexibility index (Phi) is 8.10. The van der Waals surface area contributed by atoms with E-state index in [1.54, 1.807) is 17.7 Å². The second kappa shape index (κ2) is 12.4. The number of β-amino-alcohol motifs (C(OH)–C–C–N with tert-alkyl or cyclic N) is 1. The quantitative estimate of drug-likeness (QED) is 0.268. The van der Waals surface area contributed by atoms with Crippen LogP contribution in [0, 0.1) is 0 Å². The molecule has 2 saturated heterocycles. The SMILES string of the molecule is OC(COc1ccccc1)CN1CCN(C(c2cc3ncncc3s2)N2CCOC(c3cccc4[nH]ncc34)C2)CC1. The molecule has 2 fully saturated rings. The van der Waals surface area contributed by atoms with E-state index in [4.69, 9.17) is 9.47 Å². The van der Waals surface area contributed by atoms with Gasteiger partial charge in [-0.1, -0.05) is 30.3 Å². The predicted molar refractivity (Wildman–Crippen MR) is 162 cm³/mol. The number of aliphatic hydroxyl groups is 1. The third-order valence-electron chi connectivity index (χ3n) is 8.19. The van der Waals surface area contributed by atoms with Crippen LogP contribution in [-0.2, 0) is 4.74 Å². The molecular formula is C31H35N7O3S. The first-order valence-electron chi connectivity index (χ1n) is 14.5. The molecule has 2 N–H and O–H groups in total. The van der Waals surface area contributed by atoms with Gasteiger partial charge in [0.15, 0.2) is 0 Å². The van der Waals surface area contributed by atoms with E-state index in [0.29, 0.717) is 13.2 Å². The van der Waals surface area contributed by atoms with Crippen LogP contribution in [0.2, 0.25) is 0 Å². The standard InChI is InChI=1S/C31H35N7O3S/c39-22(20-41-23-5-2-1-3-6-23)18-36-9-11-37(12-10-36)31(29-15-27-30(42-29)17-32-21-33-27)38-13-14-40-28(19-38)24-7-4-8-26-25(24)16-34-35-26/h1-8,15-17,21-22,28,31,39H,9-14,18-20H2,(H,34,35). The van der Waals surface area contributed by atoms with Crippen molar-refractivity contribution < 1.29 is 14.6 Å². The van der Waals surface area contributed by atoms with Gasteiger partial charge in [-0.3, -0.25) is 19.8 Å². The number of rotatable bonds is 9. The average Bonchev–Trinajstić information content (AvgIpc) is 3.69. The minimum atomic E-state index is -0.542. The maximum absolute atomic E-state index is 10.7. The summed E-state index contributed by atoms with van der Waals surface area (Å²) in [5.41, 5.74) is 3.19. The highest BCUT2D eigenvalue weighted by Gasteiger charge is 2.35. The highest BCUT2D eigenvalue weighted by Crippen LogP contribution is 2.38. The highest BCUT2D eigenvalue weighted by molar-refractivity contribution is 7.19. The summed E-state index contributed by atoms with van der Waals surface area (Å²) in [6.45, 7) is 6.73. The molecule has 42 heavy (non-hydrogen) atoms. The van der Waals surface area contributed by atoms with Crippen molar-refractivity contribution in [1.29, 1.82) is 0 Å². The molecule has 2 aliphatic heterocycles. The summed E-state index contributed by atoms with van der Waals surface area (Å²) in [7, 11) is 0. The number of para-hydroxylation sites is 1. The molecule has 0 spiro atoms. The fraction of sp³-hybridized carbons (Fsp3) is 0.387. The molecule has 3 atom stereocenters. The van der Waals surface area contributed by atoms with E-state index in [2.05, 4.69) is 59.1 Å². The Bertz CT molecular complexity index is 1570. The zero-order valence-corrected chi connectivity index (χ0v) is 24.2. The van der Waals surface area contributed by atoms with Crippen LogP contribution in [0.3, 0.4) is 0 Å². The van der Waals surface area contributed by atoms with Crippen LogP contribution in [0.5, 0.6) is 5.75 Å². The number of ether oxygens (including phenoxy) is 2. The van der Waals surface area contributed by atoms with Crippen LogP contribution < -0.4 is 4.74 Å². The Morgan fingerprint density at radius 2 is 1.90 bits per heavy atom. The van der Waals surface area contributed by atoms with Gasteiger partial charge in [-0.2, -0.15) is 5.10 Å². The van der Waals surface area contributed by atoms with Gasteiger partial charge in [0.05, 0.1) is 40.8 Å². The molecule has 5 heterocycles. The predicted octanol–water partition coefficient (Wildman–Crippen LogP) is 3.70. The summed E-state index contributed by atoms with van der Waals surface area (Å²) in [5.74, 6) is 0.782. The number of morpholine rings is 1. The second-order valence-electron chi connectivity index (χ2n) is 10.9. The van der Waals surface area contributed by atoms with Gasteiger partial charge in [0.2, 0.25) is 0 Å². The van der Waals surface area contributed by atoms with Crippen LogP contribution in [0.1, 0.15) is 22.7 Å². The summed E-state index contributed by atoms with van der Waals surface area (Å²) in [6.07, 6.45) is 4.94. The van der Waals surface area contributed by atoms with E-state index in [0.717, 1.165) is 66.1 Å². The van der Waals surface area contributed by atoms with Crippen molar-refractivity contribution in [2.45, 2.75) is 18.4 Å². The maximum atomic E-state index is 10.7. The number of hydrogen-bond donors (Lipinski definition) is 2. The number of aromatic amines is 1. The molecule has 5 aromatic rings. The molecule has 0 radical (unpaired) electrons. The summed E-state index contributed by atoms with van der Waals surface area (Å²) in [5, 5.41) is 19.1. The van der Waals surface area contributed by atoms with Crippen LogP contribution in [0.25, 0.3) is 21.1 Å². The van der Waals surface area contributed by atoms with Crippen LogP contribution in [0.4, 0.5) is 0 Å². The Labute approximate surface area is 248 Å². The second-order valence-corrected chi connectivity index (χ2v) is 12.1. The summed E-state index contributed by atoms with van der Waals surface area (Å²) >= 11 is 1.78. The third-order valence-corrected chi connectivity index (χ3v) is 9.28. The summed E-state index contributed by atoms with van der Waals surface area (Å²) < 4.78 is 13.2. The Hall–Kier alpha value is -3.45. The van der Waals surface area contributed by atoms with Crippen molar-refractivity contribution in [1.82, 2.24) is 34.9 Å². The van der Waals surface area contributed by atoms with Crippen molar-refractivity contribution in [3.63, 3.8) is 0 Å². The fourth-order valence-electron chi connectivity index (χ4n) is 6.12. The molecule has 2 aliphatic rings. The molecular weight excluding hydrogens is 550 g/mol. The van der Waals surface area contributed by atoms with Crippen LogP contribution in [0.15, 0.2) is 73.3 Å². The van der Waals surface area contributed by atoms with E-state index >= 15 is 0 Å². The number of aliphatic hydroxyl groups excluding tert-OH is 1.